The van der Waals surface area contributed by atoms with Crippen LogP contribution in [0.15, 0.2) is 82.5 Å². The molecule has 0 saturated carbocycles. The van der Waals surface area contributed by atoms with Crippen LogP contribution in [0.3, 0.4) is 0 Å². The average molecular weight is 492 g/mol. The number of benzene rings is 2. The molecule has 32 heavy (non-hydrogen) atoms. The molecule has 0 bridgehead atoms. The number of aromatic nitrogens is 2. The molecule has 0 unspecified atom stereocenters. The van der Waals surface area contributed by atoms with Crippen LogP contribution in [0.5, 0.6) is 5.75 Å². The van der Waals surface area contributed by atoms with E-state index >= 15 is 0 Å². The van der Waals surface area contributed by atoms with Crippen LogP contribution in [0.4, 0.5) is 5.69 Å². The first kappa shape index (κ1) is 21.5. The number of hydrogen-bond acceptors (Lipinski definition) is 5. The van der Waals surface area contributed by atoms with E-state index in [-0.39, 0.29) is 18.0 Å². The first-order chi connectivity index (χ1) is 15.5. The van der Waals surface area contributed by atoms with Gasteiger partial charge in [0.1, 0.15) is 12.3 Å². The van der Waals surface area contributed by atoms with Gasteiger partial charge in [-0.2, -0.15) is 0 Å². The highest BCUT2D eigenvalue weighted by molar-refractivity contribution is 9.10. The van der Waals surface area contributed by atoms with Gasteiger partial charge in [-0.15, -0.1) is 0 Å². The largest absolute Gasteiger partial charge is 0.497 e. The number of amides is 1. The molecule has 4 aromatic rings. The van der Waals surface area contributed by atoms with Crippen molar-refractivity contribution in [3.8, 4) is 5.75 Å². The Morgan fingerprint density at radius 3 is 2.47 bits per heavy atom. The molecule has 0 radical (unpaired) electrons. The molecule has 2 heterocycles. The summed E-state index contributed by atoms with van der Waals surface area (Å²) in [5.41, 5.74) is 1.04. The number of nitrogens with zero attached hydrogens (tertiary/aromatic N) is 2. The third kappa shape index (κ3) is 4.45. The topological polar surface area (TPSA) is 90.3 Å². The van der Waals surface area contributed by atoms with Gasteiger partial charge in [-0.1, -0.05) is 15.9 Å². The predicted molar refractivity (Wildman–Crippen MR) is 125 cm³/mol. The van der Waals surface area contributed by atoms with E-state index in [4.69, 9.17) is 4.74 Å². The van der Waals surface area contributed by atoms with Gasteiger partial charge in [0.2, 0.25) is 11.3 Å². The number of halogens is 1. The maximum Gasteiger partial charge on any atom is 0.244 e. The fraction of sp³-hybridized carbons (Fsp3) is 0.0833. The molecule has 0 aliphatic heterocycles. The Morgan fingerprint density at radius 1 is 1.06 bits per heavy atom. The van der Waals surface area contributed by atoms with E-state index in [1.54, 1.807) is 47.0 Å². The molecule has 0 aliphatic carbocycles. The SMILES string of the molecule is COc1ccc2c(c1)c(=O)c(C(=O)c1ccncc1)cn2CC(=O)Nc1ccc(Br)cc1. The summed E-state index contributed by atoms with van der Waals surface area (Å²) < 4.78 is 7.74. The van der Waals surface area contributed by atoms with Gasteiger partial charge in [0.25, 0.3) is 0 Å². The molecule has 2 aromatic carbocycles. The van der Waals surface area contributed by atoms with E-state index in [0.717, 1.165) is 4.47 Å². The lowest BCUT2D eigenvalue weighted by molar-refractivity contribution is -0.116. The number of carbonyl (C=O) groups excluding carboxylic acids is 2. The number of hydrogen-bond donors (Lipinski definition) is 1. The summed E-state index contributed by atoms with van der Waals surface area (Å²) in [6.07, 6.45) is 4.41. The van der Waals surface area contributed by atoms with Crippen molar-refractivity contribution >= 4 is 44.2 Å². The summed E-state index contributed by atoms with van der Waals surface area (Å²) in [6.45, 7) is -0.0875. The smallest absolute Gasteiger partial charge is 0.244 e. The first-order valence-electron chi connectivity index (χ1n) is 9.67. The maximum absolute atomic E-state index is 13.2. The summed E-state index contributed by atoms with van der Waals surface area (Å²) >= 11 is 3.36. The fourth-order valence-electron chi connectivity index (χ4n) is 3.34. The van der Waals surface area contributed by atoms with Crippen molar-refractivity contribution in [2.45, 2.75) is 6.54 Å². The second-order valence-corrected chi connectivity index (χ2v) is 7.92. The van der Waals surface area contributed by atoms with Gasteiger partial charge in [-0.3, -0.25) is 19.4 Å². The monoisotopic (exact) mass is 491 g/mol. The van der Waals surface area contributed by atoms with Crippen molar-refractivity contribution in [2.24, 2.45) is 0 Å². The Kier molecular flexibility index (Phi) is 6.13. The van der Waals surface area contributed by atoms with Crippen LogP contribution in [-0.2, 0) is 11.3 Å². The summed E-state index contributed by atoms with van der Waals surface area (Å²) in [7, 11) is 1.50. The van der Waals surface area contributed by atoms with E-state index in [2.05, 4.69) is 26.2 Å². The van der Waals surface area contributed by atoms with Gasteiger partial charge in [0.05, 0.1) is 23.6 Å². The average Bonchev–Trinajstić information content (AvgIpc) is 2.82. The third-order valence-corrected chi connectivity index (χ3v) is 5.45. The highest BCUT2D eigenvalue weighted by Crippen LogP contribution is 2.21. The number of nitrogens with one attached hydrogen (secondary N) is 1. The molecular formula is C24H18BrN3O4. The Morgan fingerprint density at radius 2 is 1.78 bits per heavy atom. The van der Waals surface area contributed by atoms with Gasteiger partial charge in [0.15, 0.2) is 5.78 Å². The number of fused-ring (bicyclic) bond motifs is 1. The minimum Gasteiger partial charge on any atom is -0.497 e. The number of rotatable bonds is 6. The van der Waals surface area contributed by atoms with Crippen molar-refractivity contribution in [3.05, 3.63) is 99.0 Å². The van der Waals surface area contributed by atoms with E-state index in [0.29, 0.717) is 27.9 Å². The lowest BCUT2D eigenvalue weighted by atomic mass is 10.0. The fourth-order valence-corrected chi connectivity index (χ4v) is 3.61. The Balaban J connectivity index is 1.77. The van der Waals surface area contributed by atoms with Crippen molar-refractivity contribution < 1.29 is 14.3 Å². The molecule has 0 spiro atoms. The highest BCUT2D eigenvalue weighted by atomic mass is 79.9. The maximum atomic E-state index is 13.2. The molecule has 1 N–H and O–H groups in total. The van der Waals surface area contributed by atoms with E-state index < -0.39 is 11.2 Å². The van der Waals surface area contributed by atoms with Gasteiger partial charge in [-0.25, -0.2) is 0 Å². The zero-order valence-corrected chi connectivity index (χ0v) is 18.6. The third-order valence-electron chi connectivity index (χ3n) is 4.92. The molecule has 0 saturated heterocycles. The highest BCUT2D eigenvalue weighted by Gasteiger charge is 2.19. The van der Waals surface area contributed by atoms with Crippen LogP contribution >= 0.6 is 15.9 Å². The minimum absolute atomic E-state index is 0.0339. The molecule has 2 aromatic heterocycles. The standard InChI is InChI=1S/C24H18BrN3O4/c1-32-18-6-7-21-19(12-18)24(31)20(23(30)15-8-10-26-11-9-15)13-28(21)14-22(29)27-17-4-2-16(25)3-5-17/h2-13H,14H2,1H3,(H,27,29). The number of carbonyl (C=O) groups is 2. The number of methoxy groups -OCH3 is 1. The zero-order chi connectivity index (χ0) is 22.7. The van der Waals surface area contributed by atoms with Gasteiger partial charge < -0.3 is 14.6 Å². The molecule has 1 amide bonds. The second kappa shape index (κ2) is 9.15. The molecule has 0 fully saturated rings. The van der Waals surface area contributed by atoms with E-state index in [1.165, 1.54) is 25.7 Å². The number of ketones is 1. The van der Waals surface area contributed by atoms with E-state index in [9.17, 15) is 14.4 Å². The Bertz CT molecular complexity index is 1370. The molecule has 7 nitrogen and oxygen atoms in total. The van der Waals surface area contributed by atoms with Gasteiger partial charge >= 0.3 is 0 Å². The van der Waals surface area contributed by atoms with Crippen molar-refractivity contribution in [3.63, 3.8) is 0 Å². The quantitative estimate of drug-likeness (QED) is 0.411. The normalized spacial score (nSPS) is 10.7. The molecular weight excluding hydrogens is 474 g/mol. The van der Waals surface area contributed by atoms with Crippen LogP contribution < -0.4 is 15.5 Å². The minimum atomic E-state index is -0.441. The van der Waals surface area contributed by atoms with Crippen molar-refractivity contribution in [1.29, 1.82) is 0 Å². The lowest BCUT2D eigenvalue weighted by Gasteiger charge is -2.14. The predicted octanol–water partition coefficient (Wildman–Crippen LogP) is 4.04. The molecule has 0 atom stereocenters. The zero-order valence-electron chi connectivity index (χ0n) is 17.0. The number of anilines is 1. The van der Waals surface area contributed by atoms with Gasteiger partial charge in [-0.05, 0) is 54.6 Å². The summed E-state index contributed by atoms with van der Waals surface area (Å²) in [6, 6.07) is 15.3. The molecule has 0 aliphatic rings. The Labute approximate surface area is 191 Å². The van der Waals surface area contributed by atoms with Crippen LogP contribution in [-0.4, -0.2) is 28.4 Å². The lowest BCUT2D eigenvalue weighted by Crippen LogP contribution is -2.24. The molecule has 4 rings (SSSR count). The number of pyridine rings is 2. The van der Waals surface area contributed by atoms with Crippen molar-refractivity contribution in [2.75, 3.05) is 12.4 Å². The van der Waals surface area contributed by atoms with Gasteiger partial charge in [0, 0.05) is 34.3 Å². The van der Waals surface area contributed by atoms with E-state index in [1.807, 2.05) is 12.1 Å². The molecule has 160 valence electrons. The first-order valence-corrected chi connectivity index (χ1v) is 10.5. The van der Waals surface area contributed by atoms with Crippen molar-refractivity contribution in [1.82, 2.24) is 9.55 Å². The van der Waals surface area contributed by atoms with Crippen LogP contribution in [0.2, 0.25) is 0 Å². The van der Waals surface area contributed by atoms with Crippen LogP contribution in [0.25, 0.3) is 10.9 Å². The summed E-state index contributed by atoms with van der Waals surface area (Å²) in [5, 5.41) is 3.12. The number of ether oxygens (including phenoxy) is 1. The molecule has 8 heteroatoms. The summed E-state index contributed by atoms with van der Waals surface area (Å²) in [5.74, 6) is -0.256. The Hall–Kier alpha value is -3.78. The summed E-state index contributed by atoms with van der Waals surface area (Å²) in [4.78, 5) is 42.9. The van der Waals surface area contributed by atoms with Crippen LogP contribution in [0, 0.1) is 0 Å². The second-order valence-electron chi connectivity index (χ2n) is 7.00. The van der Waals surface area contributed by atoms with Crippen LogP contribution in [0.1, 0.15) is 15.9 Å².